The first-order chi connectivity index (χ1) is 14.6. The van der Waals surface area contributed by atoms with Gasteiger partial charge in [0.1, 0.15) is 18.0 Å². The number of thiazole rings is 1. The van der Waals surface area contributed by atoms with Crippen LogP contribution in [-0.4, -0.2) is 27.3 Å². The molecule has 0 spiro atoms. The van der Waals surface area contributed by atoms with Crippen LogP contribution in [0.3, 0.4) is 0 Å². The number of benzene rings is 1. The number of hydrogen-bond acceptors (Lipinski definition) is 4. The number of amides is 1. The van der Waals surface area contributed by atoms with Gasteiger partial charge in [-0.15, -0.1) is 11.3 Å². The van der Waals surface area contributed by atoms with E-state index in [-0.39, 0.29) is 30.0 Å². The number of Topliss-reactive ketones (excluding diaryl/α,β-unsaturated/α-hetero) is 1. The van der Waals surface area contributed by atoms with Crippen LogP contribution in [0.15, 0.2) is 28.6 Å². The average molecular weight is 447 g/mol. The summed E-state index contributed by atoms with van der Waals surface area (Å²) in [4.78, 5) is 32.5. The highest BCUT2D eigenvalue weighted by atomic mass is 32.1. The summed E-state index contributed by atoms with van der Waals surface area (Å²) in [7, 11) is 0. The van der Waals surface area contributed by atoms with Crippen molar-refractivity contribution in [2.24, 2.45) is 4.99 Å². The van der Waals surface area contributed by atoms with Crippen LogP contribution < -0.4 is 10.1 Å². The molecule has 0 bridgehead atoms. The average Bonchev–Trinajstić information content (AvgIpc) is 3.16. The monoisotopic (exact) mass is 446 g/mol. The molecule has 9 heteroatoms. The molecule has 2 N–H and O–H groups in total. The first-order valence-corrected chi connectivity index (χ1v) is 10.6. The molecule has 0 unspecified atom stereocenters. The first kappa shape index (κ1) is 22.6. The Kier molecular flexibility index (Phi) is 6.54. The second-order valence-corrected chi connectivity index (χ2v) is 8.44. The van der Waals surface area contributed by atoms with Gasteiger partial charge in [-0.3, -0.25) is 9.59 Å². The quantitative estimate of drug-likeness (QED) is 0.551. The van der Waals surface area contributed by atoms with E-state index in [9.17, 15) is 18.4 Å². The van der Waals surface area contributed by atoms with Crippen LogP contribution in [0.1, 0.15) is 42.4 Å². The van der Waals surface area contributed by atoms with Gasteiger partial charge in [0.25, 0.3) is 0 Å². The summed E-state index contributed by atoms with van der Waals surface area (Å²) in [6.45, 7) is 8.81. The number of rotatable bonds is 6. The smallest absolute Gasteiger partial charge is 0.240 e. The summed E-state index contributed by atoms with van der Waals surface area (Å²) in [5.41, 5.74) is 3.41. The number of carbonyl (C=O) groups excluding carboxylic acids is 2. The standard InChI is InChI=1S/C22H24F2N4O2S/c1-11(2)25-19(30)9-28-18(21-12(3)20(14(5)29)13(4)26-21)10-31-22(28)27-17-7-6-15(23)8-16(17)24/h6-8,10-11,26H,9H2,1-5H3,(H,25,30). The van der Waals surface area contributed by atoms with Crippen molar-refractivity contribution in [1.82, 2.24) is 14.9 Å². The summed E-state index contributed by atoms with van der Waals surface area (Å²) in [5, 5.41) is 4.63. The summed E-state index contributed by atoms with van der Waals surface area (Å²) >= 11 is 1.22. The maximum atomic E-state index is 14.2. The molecule has 0 saturated heterocycles. The van der Waals surface area contributed by atoms with E-state index < -0.39 is 11.6 Å². The molecule has 0 fully saturated rings. The lowest BCUT2D eigenvalue weighted by Crippen LogP contribution is -2.35. The minimum absolute atomic E-state index is 0.0309. The van der Waals surface area contributed by atoms with E-state index in [1.54, 1.807) is 9.95 Å². The number of carbonyl (C=O) groups is 2. The van der Waals surface area contributed by atoms with Crippen LogP contribution in [0, 0.1) is 25.5 Å². The predicted molar refractivity (Wildman–Crippen MR) is 116 cm³/mol. The molecule has 164 valence electrons. The lowest BCUT2D eigenvalue weighted by Gasteiger charge is -2.12. The molecule has 31 heavy (non-hydrogen) atoms. The van der Waals surface area contributed by atoms with Crippen LogP contribution in [0.25, 0.3) is 11.4 Å². The Labute approximate surface area is 182 Å². The molecular formula is C22H24F2N4O2S. The Morgan fingerprint density at radius 2 is 1.97 bits per heavy atom. The molecule has 0 aliphatic heterocycles. The molecule has 2 aromatic heterocycles. The van der Waals surface area contributed by atoms with E-state index in [0.717, 1.165) is 23.4 Å². The van der Waals surface area contributed by atoms with Gasteiger partial charge in [0.15, 0.2) is 16.4 Å². The molecule has 1 amide bonds. The number of aromatic nitrogens is 2. The lowest BCUT2D eigenvalue weighted by atomic mass is 10.1. The molecule has 6 nitrogen and oxygen atoms in total. The Hall–Kier alpha value is -3.07. The second-order valence-electron chi connectivity index (χ2n) is 7.60. The molecule has 1 aromatic carbocycles. The van der Waals surface area contributed by atoms with Crippen molar-refractivity contribution in [1.29, 1.82) is 0 Å². The fourth-order valence-corrected chi connectivity index (χ4v) is 4.40. The zero-order chi connectivity index (χ0) is 22.9. The van der Waals surface area contributed by atoms with Crippen LogP contribution in [0.5, 0.6) is 0 Å². The summed E-state index contributed by atoms with van der Waals surface area (Å²) in [6.07, 6.45) is 0. The molecule has 3 rings (SSSR count). The van der Waals surface area contributed by atoms with Gasteiger partial charge in [-0.2, -0.15) is 0 Å². The minimum atomic E-state index is -0.793. The molecule has 0 saturated carbocycles. The van der Waals surface area contributed by atoms with E-state index in [1.807, 2.05) is 27.7 Å². The Morgan fingerprint density at radius 3 is 2.55 bits per heavy atom. The summed E-state index contributed by atoms with van der Waals surface area (Å²) in [5.74, 6) is -1.78. The van der Waals surface area contributed by atoms with Crippen molar-refractivity contribution in [3.63, 3.8) is 0 Å². The topological polar surface area (TPSA) is 79.2 Å². The molecular weight excluding hydrogens is 422 g/mol. The van der Waals surface area contributed by atoms with E-state index >= 15 is 0 Å². The minimum Gasteiger partial charge on any atom is -0.357 e. The van der Waals surface area contributed by atoms with E-state index in [1.165, 1.54) is 24.3 Å². The maximum Gasteiger partial charge on any atom is 0.240 e. The van der Waals surface area contributed by atoms with Crippen molar-refractivity contribution in [2.45, 2.75) is 47.2 Å². The number of H-pyrrole nitrogens is 1. The van der Waals surface area contributed by atoms with Gasteiger partial charge in [0, 0.05) is 28.7 Å². The van der Waals surface area contributed by atoms with E-state index in [2.05, 4.69) is 15.3 Å². The number of nitrogens with zero attached hydrogens (tertiary/aromatic N) is 2. The normalized spacial score (nSPS) is 11.9. The highest BCUT2D eigenvalue weighted by Gasteiger charge is 2.20. The molecule has 2 heterocycles. The number of hydrogen-bond donors (Lipinski definition) is 2. The fraction of sp³-hybridized carbons (Fsp3) is 0.318. The van der Waals surface area contributed by atoms with Crippen molar-refractivity contribution in [3.05, 3.63) is 56.8 Å². The van der Waals surface area contributed by atoms with Crippen LogP contribution in [0.2, 0.25) is 0 Å². The SMILES string of the molecule is CC(=O)c1c(C)[nH]c(-c2csc(=Nc3ccc(F)cc3F)n2CC(=O)NC(C)C)c1C. The number of halogens is 2. The van der Waals surface area contributed by atoms with Crippen molar-refractivity contribution < 1.29 is 18.4 Å². The number of nitrogens with one attached hydrogen (secondary N) is 2. The van der Waals surface area contributed by atoms with Gasteiger partial charge in [0.05, 0.1) is 11.4 Å². The zero-order valence-electron chi connectivity index (χ0n) is 18.0. The van der Waals surface area contributed by atoms with Gasteiger partial charge in [-0.1, -0.05) is 0 Å². The van der Waals surface area contributed by atoms with E-state index in [4.69, 9.17) is 0 Å². The molecule has 0 atom stereocenters. The van der Waals surface area contributed by atoms with Crippen LogP contribution in [0.4, 0.5) is 14.5 Å². The third kappa shape index (κ3) is 4.82. The Morgan fingerprint density at radius 1 is 1.26 bits per heavy atom. The lowest BCUT2D eigenvalue weighted by molar-refractivity contribution is -0.122. The molecule has 3 aromatic rings. The van der Waals surface area contributed by atoms with Crippen molar-refractivity contribution >= 4 is 28.7 Å². The number of aromatic amines is 1. The highest BCUT2D eigenvalue weighted by molar-refractivity contribution is 7.07. The zero-order valence-corrected chi connectivity index (χ0v) is 18.8. The van der Waals surface area contributed by atoms with Gasteiger partial charge in [-0.25, -0.2) is 13.8 Å². The van der Waals surface area contributed by atoms with Gasteiger partial charge in [0.2, 0.25) is 5.91 Å². The van der Waals surface area contributed by atoms with Gasteiger partial charge >= 0.3 is 0 Å². The third-order valence-corrected chi connectivity index (χ3v) is 5.58. The van der Waals surface area contributed by atoms with E-state index in [0.29, 0.717) is 21.8 Å². The second kappa shape index (κ2) is 8.97. The number of aryl methyl sites for hydroxylation is 1. The molecule has 0 aliphatic carbocycles. The third-order valence-electron chi connectivity index (χ3n) is 4.72. The van der Waals surface area contributed by atoms with Crippen molar-refractivity contribution in [3.8, 4) is 11.4 Å². The highest BCUT2D eigenvalue weighted by Crippen LogP contribution is 2.29. The maximum absolute atomic E-state index is 14.2. The predicted octanol–water partition coefficient (Wildman–Crippen LogP) is 4.40. The fourth-order valence-electron chi connectivity index (χ4n) is 3.49. The first-order valence-electron chi connectivity index (χ1n) is 9.76. The Balaban J connectivity index is 2.19. The molecule has 0 radical (unpaired) electrons. The van der Waals surface area contributed by atoms with Crippen molar-refractivity contribution in [2.75, 3.05) is 0 Å². The Bertz CT molecular complexity index is 1220. The largest absolute Gasteiger partial charge is 0.357 e. The number of ketones is 1. The molecule has 0 aliphatic rings. The van der Waals surface area contributed by atoms with Crippen LogP contribution in [-0.2, 0) is 11.3 Å². The summed E-state index contributed by atoms with van der Waals surface area (Å²) < 4.78 is 29.1. The van der Waals surface area contributed by atoms with Crippen LogP contribution >= 0.6 is 11.3 Å². The summed E-state index contributed by atoms with van der Waals surface area (Å²) in [6, 6.07) is 3.09. The van der Waals surface area contributed by atoms with Gasteiger partial charge < -0.3 is 14.9 Å². The van der Waals surface area contributed by atoms with Gasteiger partial charge in [-0.05, 0) is 52.3 Å².